The molecule has 0 aliphatic heterocycles. The molecular weight excluding hydrogens is 132 g/mol. The molecule has 0 aromatic rings. The summed E-state index contributed by atoms with van der Waals surface area (Å²) in [6.45, 7) is 8.79. The zero-order chi connectivity index (χ0) is 8.69. The topological polar surface area (TPSA) is 0 Å². The molecule has 0 saturated carbocycles. The Balaban J connectivity index is 4.17. The van der Waals surface area contributed by atoms with Gasteiger partial charge in [0.1, 0.15) is 0 Å². The van der Waals surface area contributed by atoms with Crippen LogP contribution in [-0.4, -0.2) is 0 Å². The van der Waals surface area contributed by atoms with Crippen molar-refractivity contribution in [3.63, 3.8) is 0 Å². The van der Waals surface area contributed by atoms with Crippen LogP contribution in [0.15, 0.2) is 23.3 Å². The minimum Gasteiger partial charge on any atom is -0.0816 e. The maximum absolute atomic E-state index is 2.31. The average Bonchev–Trinajstić information content (AvgIpc) is 2.03. The van der Waals surface area contributed by atoms with Crippen molar-refractivity contribution in [2.24, 2.45) is 0 Å². The summed E-state index contributed by atoms with van der Waals surface area (Å²) < 4.78 is 0. The summed E-state index contributed by atoms with van der Waals surface area (Å²) in [6, 6.07) is 0. The van der Waals surface area contributed by atoms with Gasteiger partial charge in [-0.15, -0.1) is 0 Å². The Bertz CT molecular complexity index is 149. The fraction of sp³-hybridized carbons (Fsp3) is 0.636. The molecule has 0 N–H and O–H groups in total. The molecule has 0 heterocycles. The van der Waals surface area contributed by atoms with Crippen molar-refractivity contribution < 1.29 is 0 Å². The van der Waals surface area contributed by atoms with Gasteiger partial charge in [-0.05, 0) is 26.2 Å². The summed E-state index contributed by atoms with van der Waals surface area (Å²) in [6.07, 6.45) is 8.09. The lowest BCUT2D eigenvalue weighted by Gasteiger charge is -1.99. The van der Waals surface area contributed by atoms with Crippen LogP contribution in [0, 0.1) is 0 Å². The molecule has 0 aliphatic carbocycles. The van der Waals surface area contributed by atoms with Gasteiger partial charge < -0.3 is 0 Å². The highest BCUT2D eigenvalue weighted by molar-refractivity contribution is 5.21. The lowest BCUT2D eigenvalue weighted by molar-refractivity contribution is 1.05. The van der Waals surface area contributed by atoms with Crippen LogP contribution in [0.2, 0.25) is 0 Å². The van der Waals surface area contributed by atoms with Crippen molar-refractivity contribution in [1.29, 1.82) is 0 Å². The Morgan fingerprint density at radius 2 is 1.73 bits per heavy atom. The van der Waals surface area contributed by atoms with Crippen LogP contribution in [0.3, 0.4) is 0 Å². The van der Waals surface area contributed by atoms with E-state index in [2.05, 4.69) is 39.8 Å². The molecule has 0 spiro atoms. The first-order chi connectivity index (χ1) is 5.24. The third-order valence-corrected chi connectivity index (χ3v) is 1.86. The second kappa shape index (κ2) is 6.21. The summed E-state index contributed by atoms with van der Waals surface area (Å²) in [5, 5.41) is 0. The molecular formula is C11H20. The van der Waals surface area contributed by atoms with Gasteiger partial charge in [0, 0.05) is 0 Å². The third-order valence-electron chi connectivity index (χ3n) is 1.86. The minimum absolute atomic E-state index is 1.15. The van der Waals surface area contributed by atoms with E-state index < -0.39 is 0 Å². The van der Waals surface area contributed by atoms with Crippen molar-refractivity contribution in [3.8, 4) is 0 Å². The van der Waals surface area contributed by atoms with Gasteiger partial charge in [0.15, 0.2) is 0 Å². The Labute approximate surface area is 71.0 Å². The number of hydrogen-bond acceptors (Lipinski definition) is 0. The molecule has 0 atom stereocenters. The van der Waals surface area contributed by atoms with E-state index in [4.69, 9.17) is 0 Å². The zero-order valence-electron chi connectivity index (χ0n) is 8.28. The molecule has 0 saturated heterocycles. The second-order valence-electron chi connectivity index (χ2n) is 2.89. The minimum atomic E-state index is 1.15. The summed E-state index contributed by atoms with van der Waals surface area (Å²) in [5.41, 5.74) is 2.96. The van der Waals surface area contributed by atoms with Gasteiger partial charge in [0.05, 0.1) is 0 Å². The monoisotopic (exact) mass is 152 g/mol. The summed E-state index contributed by atoms with van der Waals surface area (Å²) in [4.78, 5) is 0. The van der Waals surface area contributed by atoms with Gasteiger partial charge in [-0.2, -0.15) is 0 Å². The van der Waals surface area contributed by atoms with Crippen LogP contribution in [-0.2, 0) is 0 Å². The van der Waals surface area contributed by atoms with E-state index in [-0.39, 0.29) is 0 Å². The first-order valence-electron chi connectivity index (χ1n) is 4.60. The molecule has 0 rings (SSSR count). The quantitative estimate of drug-likeness (QED) is 0.532. The SMILES string of the molecule is CC/C=C(\C=C(/C)CC)CC. The Hall–Kier alpha value is -0.520. The van der Waals surface area contributed by atoms with E-state index >= 15 is 0 Å². The van der Waals surface area contributed by atoms with Gasteiger partial charge in [0.25, 0.3) is 0 Å². The smallest absolute Gasteiger partial charge is 0.0311 e. The van der Waals surface area contributed by atoms with Gasteiger partial charge in [-0.1, -0.05) is 44.1 Å². The molecule has 0 radical (unpaired) electrons. The molecule has 0 aliphatic rings. The number of rotatable bonds is 4. The van der Waals surface area contributed by atoms with Crippen molar-refractivity contribution in [1.82, 2.24) is 0 Å². The highest BCUT2D eigenvalue weighted by Gasteiger charge is 1.88. The first-order valence-corrected chi connectivity index (χ1v) is 4.60. The molecule has 0 aromatic carbocycles. The van der Waals surface area contributed by atoms with Crippen molar-refractivity contribution in [2.75, 3.05) is 0 Å². The molecule has 11 heavy (non-hydrogen) atoms. The average molecular weight is 152 g/mol. The van der Waals surface area contributed by atoms with Gasteiger partial charge in [-0.25, -0.2) is 0 Å². The highest BCUT2D eigenvalue weighted by atomic mass is 13.9. The Kier molecular flexibility index (Phi) is 5.91. The fourth-order valence-corrected chi connectivity index (χ4v) is 0.986. The Morgan fingerprint density at radius 1 is 1.09 bits per heavy atom. The maximum Gasteiger partial charge on any atom is -0.0311 e. The number of allylic oxidation sites excluding steroid dienone is 4. The van der Waals surface area contributed by atoms with Crippen molar-refractivity contribution in [2.45, 2.75) is 47.0 Å². The number of hydrogen-bond donors (Lipinski definition) is 0. The second-order valence-corrected chi connectivity index (χ2v) is 2.89. The van der Waals surface area contributed by atoms with Crippen LogP contribution in [0.5, 0.6) is 0 Å². The third kappa shape index (κ3) is 4.83. The lowest BCUT2D eigenvalue weighted by Crippen LogP contribution is -1.78. The fourth-order valence-electron chi connectivity index (χ4n) is 0.986. The van der Waals surface area contributed by atoms with Gasteiger partial charge in [0.2, 0.25) is 0 Å². The normalized spacial score (nSPS) is 13.8. The summed E-state index contributed by atoms with van der Waals surface area (Å²) in [5.74, 6) is 0. The molecule has 0 heteroatoms. The molecule has 0 unspecified atom stereocenters. The summed E-state index contributed by atoms with van der Waals surface area (Å²) in [7, 11) is 0. The predicted octanol–water partition coefficient (Wildman–Crippen LogP) is 4.09. The molecule has 0 amide bonds. The van der Waals surface area contributed by atoms with Crippen LogP contribution >= 0.6 is 0 Å². The molecule has 64 valence electrons. The Morgan fingerprint density at radius 3 is 2.09 bits per heavy atom. The van der Waals surface area contributed by atoms with Crippen LogP contribution in [0.25, 0.3) is 0 Å². The first kappa shape index (κ1) is 10.5. The van der Waals surface area contributed by atoms with E-state index in [0.29, 0.717) is 0 Å². The van der Waals surface area contributed by atoms with E-state index in [9.17, 15) is 0 Å². The van der Waals surface area contributed by atoms with E-state index in [0.717, 1.165) is 12.8 Å². The van der Waals surface area contributed by atoms with Crippen LogP contribution in [0.4, 0.5) is 0 Å². The standard InChI is InChI=1S/C11H20/c1-5-8-11(7-3)9-10(4)6-2/h8-9H,5-7H2,1-4H3/b10-9+,11-8-. The highest BCUT2D eigenvalue weighted by Crippen LogP contribution is 2.09. The van der Waals surface area contributed by atoms with Gasteiger partial charge >= 0.3 is 0 Å². The zero-order valence-corrected chi connectivity index (χ0v) is 8.28. The largest absolute Gasteiger partial charge is 0.0816 e. The molecule has 0 bridgehead atoms. The van der Waals surface area contributed by atoms with Crippen LogP contribution in [0.1, 0.15) is 47.0 Å². The molecule has 0 fully saturated rings. The van der Waals surface area contributed by atoms with E-state index in [1.165, 1.54) is 17.6 Å². The van der Waals surface area contributed by atoms with E-state index in [1.807, 2.05) is 0 Å². The lowest BCUT2D eigenvalue weighted by atomic mass is 10.1. The van der Waals surface area contributed by atoms with Crippen molar-refractivity contribution in [3.05, 3.63) is 23.3 Å². The molecule has 0 nitrogen and oxygen atoms in total. The van der Waals surface area contributed by atoms with Crippen LogP contribution < -0.4 is 0 Å². The maximum atomic E-state index is 2.31. The molecule has 0 aromatic heterocycles. The van der Waals surface area contributed by atoms with Gasteiger partial charge in [-0.3, -0.25) is 0 Å². The summed E-state index contributed by atoms with van der Waals surface area (Å²) >= 11 is 0. The van der Waals surface area contributed by atoms with Crippen molar-refractivity contribution >= 4 is 0 Å². The predicted molar refractivity (Wildman–Crippen MR) is 52.7 cm³/mol. The van der Waals surface area contributed by atoms with E-state index in [1.54, 1.807) is 0 Å².